The number of amides is 1. The average Bonchev–Trinajstić information content (AvgIpc) is 2.42. The lowest BCUT2D eigenvalue weighted by Gasteiger charge is -2.19. The van der Waals surface area contributed by atoms with Crippen molar-refractivity contribution in [3.8, 4) is 5.75 Å². The third-order valence-electron chi connectivity index (χ3n) is 2.72. The molecule has 0 aliphatic rings. The highest BCUT2D eigenvalue weighted by Gasteiger charge is 2.16. The van der Waals surface area contributed by atoms with Crippen molar-refractivity contribution >= 4 is 17.5 Å². The Labute approximate surface area is 119 Å². The van der Waals surface area contributed by atoms with Crippen molar-refractivity contribution in [2.75, 3.05) is 39.8 Å². The first-order valence-corrected chi connectivity index (χ1v) is 6.67. The summed E-state index contributed by atoms with van der Waals surface area (Å²) in [6.45, 7) is 3.44. The van der Waals surface area contributed by atoms with Crippen LogP contribution in [0.15, 0.2) is 18.2 Å². The number of halogens is 1. The normalized spacial score (nSPS) is 10.3. The van der Waals surface area contributed by atoms with E-state index in [-0.39, 0.29) is 5.91 Å². The van der Waals surface area contributed by atoms with E-state index in [0.717, 1.165) is 5.56 Å². The highest BCUT2D eigenvalue weighted by molar-refractivity contribution is 6.17. The van der Waals surface area contributed by atoms with Crippen LogP contribution in [0.4, 0.5) is 0 Å². The minimum atomic E-state index is -0.0741. The maximum absolute atomic E-state index is 12.3. The Morgan fingerprint density at radius 1 is 1.37 bits per heavy atom. The van der Waals surface area contributed by atoms with Gasteiger partial charge in [0.2, 0.25) is 0 Å². The first kappa shape index (κ1) is 15.8. The Balaban J connectivity index is 2.68. The molecule has 1 aromatic carbocycles. The van der Waals surface area contributed by atoms with Crippen LogP contribution >= 0.6 is 11.6 Å². The second kappa shape index (κ2) is 8.02. The molecule has 0 fully saturated rings. The van der Waals surface area contributed by atoms with E-state index in [1.165, 1.54) is 0 Å². The molecule has 0 saturated heterocycles. The van der Waals surface area contributed by atoms with E-state index in [9.17, 15) is 4.79 Å². The van der Waals surface area contributed by atoms with E-state index in [2.05, 4.69) is 0 Å². The third-order valence-corrected chi connectivity index (χ3v) is 2.88. The van der Waals surface area contributed by atoms with E-state index in [1.54, 1.807) is 25.1 Å². The van der Waals surface area contributed by atoms with Gasteiger partial charge in [0, 0.05) is 19.5 Å². The van der Waals surface area contributed by atoms with Crippen molar-refractivity contribution < 1.29 is 14.3 Å². The van der Waals surface area contributed by atoms with Crippen LogP contribution in [0.3, 0.4) is 0 Å². The van der Waals surface area contributed by atoms with Crippen LogP contribution in [0.2, 0.25) is 0 Å². The van der Waals surface area contributed by atoms with Gasteiger partial charge in [0.25, 0.3) is 5.91 Å². The van der Waals surface area contributed by atoms with Gasteiger partial charge in [-0.15, -0.1) is 11.6 Å². The maximum Gasteiger partial charge on any atom is 0.257 e. The van der Waals surface area contributed by atoms with Gasteiger partial charge in [0.1, 0.15) is 5.75 Å². The van der Waals surface area contributed by atoms with Crippen molar-refractivity contribution in [1.29, 1.82) is 0 Å². The topological polar surface area (TPSA) is 38.8 Å². The number of carbonyl (C=O) groups excluding carboxylic acids is 1. The second-order valence-corrected chi connectivity index (χ2v) is 4.61. The summed E-state index contributed by atoms with van der Waals surface area (Å²) in [5.74, 6) is 0.975. The SMILES string of the molecule is COc1ccc(C)cc1C(=O)N(C)CCOCCCl. The molecule has 0 atom stereocenters. The summed E-state index contributed by atoms with van der Waals surface area (Å²) in [7, 11) is 3.30. The van der Waals surface area contributed by atoms with Crippen LogP contribution in [-0.2, 0) is 4.74 Å². The number of hydrogen-bond donors (Lipinski definition) is 0. The van der Waals surface area contributed by atoms with Crippen LogP contribution < -0.4 is 4.74 Å². The van der Waals surface area contributed by atoms with Crippen LogP contribution in [0.1, 0.15) is 15.9 Å². The number of methoxy groups -OCH3 is 1. The molecule has 0 bridgehead atoms. The smallest absolute Gasteiger partial charge is 0.257 e. The van der Waals surface area contributed by atoms with E-state index >= 15 is 0 Å². The number of ether oxygens (including phenoxy) is 2. The molecule has 5 heteroatoms. The summed E-state index contributed by atoms with van der Waals surface area (Å²) in [4.78, 5) is 13.9. The molecule has 19 heavy (non-hydrogen) atoms. The molecule has 0 heterocycles. The van der Waals surface area contributed by atoms with Gasteiger partial charge in [-0.25, -0.2) is 0 Å². The molecule has 1 aromatic rings. The zero-order valence-electron chi connectivity index (χ0n) is 11.6. The van der Waals surface area contributed by atoms with E-state index in [0.29, 0.717) is 37.0 Å². The molecule has 0 aromatic heterocycles. The first-order valence-electron chi connectivity index (χ1n) is 6.14. The molecule has 0 unspecified atom stereocenters. The molecular weight excluding hydrogens is 266 g/mol. The predicted octanol–water partition coefficient (Wildman–Crippen LogP) is 2.33. The van der Waals surface area contributed by atoms with Crippen molar-refractivity contribution in [2.45, 2.75) is 6.92 Å². The van der Waals surface area contributed by atoms with Gasteiger partial charge in [-0.2, -0.15) is 0 Å². The summed E-state index contributed by atoms with van der Waals surface area (Å²) in [5, 5.41) is 0. The zero-order valence-corrected chi connectivity index (χ0v) is 12.4. The zero-order chi connectivity index (χ0) is 14.3. The molecule has 106 valence electrons. The number of benzene rings is 1. The summed E-state index contributed by atoms with van der Waals surface area (Å²) < 4.78 is 10.5. The fourth-order valence-electron chi connectivity index (χ4n) is 1.65. The third kappa shape index (κ3) is 4.73. The summed E-state index contributed by atoms with van der Waals surface area (Å²) in [5.41, 5.74) is 1.60. The Morgan fingerprint density at radius 3 is 2.74 bits per heavy atom. The lowest BCUT2D eigenvalue weighted by Crippen LogP contribution is -2.30. The van der Waals surface area contributed by atoms with Gasteiger partial charge in [-0.1, -0.05) is 11.6 Å². The van der Waals surface area contributed by atoms with E-state index in [4.69, 9.17) is 21.1 Å². The molecule has 0 spiro atoms. The second-order valence-electron chi connectivity index (χ2n) is 4.23. The monoisotopic (exact) mass is 285 g/mol. The Bertz CT molecular complexity index is 423. The molecule has 1 rings (SSSR count). The van der Waals surface area contributed by atoms with Gasteiger partial charge < -0.3 is 14.4 Å². The number of likely N-dealkylation sites (N-methyl/N-ethyl adjacent to an activating group) is 1. The summed E-state index contributed by atoms with van der Waals surface area (Å²) in [6, 6.07) is 5.55. The first-order chi connectivity index (χ1) is 9.10. The number of aryl methyl sites for hydroxylation is 1. The van der Waals surface area contributed by atoms with Crippen LogP contribution in [0.5, 0.6) is 5.75 Å². The number of nitrogens with zero attached hydrogens (tertiary/aromatic N) is 1. The van der Waals surface area contributed by atoms with Crippen molar-refractivity contribution in [1.82, 2.24) is 4.90 Å². The molecule has 1 amide bonds. The fourth-order valence-corrected chi connectivity index (χ4v) is 1.76. The number of carbonyl (C=O) groups is 1. The molecule has 0 aliphatic heterocycles. The van der Waals surface area contributed by atoms with E-state index in [1.807, 2.05) is 19.1 Å². The van der Waals surface area contributed by atoms with Crippen molar-refractivity contribution in [2.24, 2.45) is 0 Å². The highest BCUT2D eigenvalue weighted by Crippen LogP contribution is 2.20. The Kier molecular flexibility index (Phi) is 6.67. The minimum absolute atomic E-state index is 0.0741. The minimum Gasteiger partial charge on any atom is -0.496 e. The van der Waals surface area contributed by atoms with Gasteiger partial charge >= 0.3 is 0 Å². The molecule has 0 saturated carbocycles. The molecule has 4 nitrogen and oxygen atoms in total. The number of rotatable bonds is 7. The fraction of sp³-hybridized carbons (Fsp3) is 0.500. The maximum atomic E-state index is 12.3. The Hall–Kier alpha value is -1.26. The van der Waals surface area contributed by atoms with Crippen LogP contribution in [-0.4, -0.2) is 50.6 Å². The lowest BCUT2D eigenvalue weighted by molar-refractivity contribution is 0.0708. The molecule has 0 aliphatic carbocycles. The molecule has 0 radical (unpaired) electrons. The standard InChI is InChI=1S/C14H20ClNO3/c1-11-4-5-13(18-3)12(10-11)14(17)16(2)7-9-19-8-6-15/h4-5,10H,6-9H2,1-3H3. The highest BCUT2D eigenvalue weighted by atomic mass is 35.5. The van der Waals surface area contributed by atoms with Crippen molar-refractivity contribution in [3.05, 3.63) is 29.3 Å². The average molecular weight is 286 g/mol. The predicted molar refractivity (Wildman–Crippen MR) is 76.2 cm³/mol. The quantitative estimate of drug-likeness (QED) is 0.570. The largest absolute Gasteiger partial charge is 0.496 e. The summed E-state index contributed by atoms with van der Waals surface area (Å²) >= 11 is 5.51. The molecular formula is C14H20ClNO3. The van der Waals surface area contributed by atoms with Crippen LogP contribution in [0, 0.1) is 6.92 Å². The van der Waals surface area contributed by atoms with Crippen molar-refractivity contribution in [3.63, 3.8) is 0 Å². The van der Waals surface area contributed by atoms with Gasteiger partial charge in [-0.05, 0) is 19.1 Å². The van der Waals surface area contributed by atoms with Gasteiger partial charge in [-0.3, -0.25) is 4.79 Å². The van der Waals surface area contributed by atoms with Crippen LogP contribution in [0.25, 0.3) is 0 Å². The number of hydrogen-bond acceptors (Lipinski definition) is 3. The summed E-state index contributed by atoms with van der Waals surface area (Å²) in [6.07, 6.45) is 0. The van der Waals surface area contributed by atoms with Gasteiger partial charge in [0.05, 0.1) is 25.9 Å². The molecule has 0 N–H and O–H groups in total. The lowest BCUT2D eigenvalue weighted by atomic mass is 10.1. The van der Waals surface area contributed by atoms with E-state index < -0.39 is 0 Å². The number of alkyl halides is 1. The Morgan fingerprint density at radius 2 is 2.11 bits per heavy atom. The van der Waals surface area contributed by atoms with Gasteiger partial charge in [0.15, 0.2) is 0 Å².